The fourth-order valence-electron chi connectivity index (χ4n) is 0.417. The van der Waals surface area contributed by atoms with Crippen molar-refractivity contribution in [1.29, 1.82) is 0 Å². The molecule has 0 fully saturated rings. The van der Waals surface area contributed by atoms with Crippen molar-refractivity contribution in [2.45, 2.75) is 0 Å². The second-order valence-electron chi connectivity index (χ2n) is 1.63. The van der Waals surface area contributed by atoms with Crippen molar-refractivity contribution >= 4 is 18.9 Å². The Hall–Kier alpha value is -0.840. The molecule has 0 radical (unpaired) electrons. The van der Waals surface area contributed by atoms with Crippen molar-refractivity contribution in [3.63, 3.8) is 0 Å². The second-order valence-corrected chi connectivity index (χ2v) is 3.18. The molecule has 0 spiro atoms. The number of hydrogen-bond donors (Lipinski definition) is 3. The largest absolute Gasteiger partial charge is 0.378 e. The monoisotopic (exact) mass is 164 g/mol. The zero-order chi connectivity index (χ0) is 7.78. The second kappa shape index (κ2) is 2.09. The minimum atomic E-state index is -4.28. The van der Waals surface area contributed by atoms with Gasteiger partial charge in [-0.2, -0.15) is 0 Å². The van der Waals surface area contributed by atoms with Crippen LogP contribution in [0.1, 0.15) is 0 Å². The van der Waals surface area contributed by atoms with Gasteiger partial charge >= 0.3 is 7.60 Å². The first kappa shape index (κ1) is 7.27. The highest BCUT2D eigenvalue weighted by molar-refractivity contribution is 7.60. The quantitative estimate of drug-likeness (QED) is 0.462. The first-order chi connectivity index (χ1) is 4.50. The van der Waals surface area contributed by atoms with E-state index in [1.54, 1.807) is 0 Å². The molecule has 1 heterocycles. The molecule has 1 rings (SSSR count). The van der Waals surface area contributed by atoms with Crippen molar-refractivity contribution in [3.05, 3.63) is 6.07 Å². The summed E-state index contributed by atoms with van der Waals surface area (Å²) in [6, 6.07) is 0.987. The van der Waals surface area contributed by atoms with Gasteiger partial charge in [-0.1, -0.05) is 5.16 Å². The third-order valence-corrected chi connectivity index (χ3v) is 1.62. The van der Waals surface area contributed by atoms with Crippen LogP contribution in [0.2, 0.25) is 0 Å². The van der Waals surface area contributed by atoms with E-state index in [1.807, 2.05) is 0 Å². The van der Waals surface area contributed by atoms with Crippen LogP contribution in [-0.4, -0.2) is 14.9 Å². The van der Waals surface area contributed by atoms with E-state index in [0.29, 0.717) is 0 Å². The minimum Gasteiger partial charge on any atom is -0.368 e. The molecule has 0 saturated carbocycles. The molecule has 56 valence electrons. The SMILES string of the molecule is Nc1cc(P(=O)(O)O)no1. The summed E-state index contributed by atoms with van der Waals surface area (Å²) in [5, 5.41) is 3.02. The topological polar surface area (TPSA) is 110 Å². The number of aromatic nitrogens is 1. The van der Waals surface area contributed by atoms with Crippen LogP contribution < -0.4 is 11.2 Å². The van der Waals surface area contributed by atoms with E-state index in [-0.39, 0.29) is 5.88 Å². The van der Waals surface area contributed by atoms with Crippen molar-refractivity contribution in [3.8, 4) is 0 Å². The van der Waals surface area contributed by atoms with E-state index in [1.165, 1.54) is 0 Å². The smallest absolute Gasteiger partial charge is 0.368 e. The summed E-state index contributed by atoms with van der Waals surface area (Å²) < 4.78 is 14.6. The zero-order valence-corrected chi connectivity index (χ0v) is 5.65. The van der Waals surface area contributed by atoms with E-state index >= 15 is 0 Å². The molecule has 0 unspecified atom stereocenters. The maximum absolute atomic E-state index is 10.4. The number of anilines is 1. The summed E-state index contributed by atoms with van der Waals surface area (Å²) >= 11 is 0. The minimum absolute atomic E-state index is 0.113. The molecule has 1 aromatic heterocycles. The van der Waals surface area contributed by atoms with E-state index in [9.17, 15) is 4.57 Å². The predicted molar refractivity (Wildman–Crippen MR) is 32.6 cm³/mol. The predicted octanol–water partition coefficient (Wildman–Crippen LogP) is -0.940. The Morgan fingerprint density at radius 3 is 2.50 bits per heavy atom. The van der Waals surface area contributed by atoms with Gasteiger partial charge < -0.3 is 20.0 Å². The summed E-state index contributed by atoms with van der Waals surface area (Å²) in [5.41, 5.74) is 4.56. The van der Waals surface area contributed by atoms with Gasteiger partial charge in [-0.15, -0.1) is 0 Å². The molecule has 0 atom stereocenters. The molecule has 0 saturated heterocycles. The van der Waals surface area contributed by atoms with Gasteiger partial charge in [0.15, 0.2) is 5.44 Å². The fraction of sp³-hybridized carbons (Fsp3) is 0. The number of nitrogen functional groups attached to an aromatic ring is 1. The van der Waals surface area contributed by atoms with Crippen LogP contribution in [0.15, 0.2) is 10.6 Å². The van der Waals surface area contributed by atoms with Crippen LogP contribution in [-0.2, 0) is 4.57 Å². The number of rotatable bonds is 1. The normalized spacial score (nSPS) is 11.8. The van der Waals surface area contributed by atoms with Gasteiger partial charge in [-0.3, -0.25) is 4.57 Å². The molecule has 0 bridgehead atoms. The molecule has 6 nitrogen and oxygen atoms in total. The maximum Gasteiger partial charge on any atom is 0.378 e. The third kappa shape index (κ3) is 1.36. The standard InChI is InChI=1S/C3H5N2O4P/c4-2-1-3(5-9-2)10(6,7)8/h1H,4H2,(H2,6,7,8). The summed E-state index contributed by atoms with van der Waals surface area (Å²) in [6.45, 7) is 0. The lowest BCUT2D eigenvalue weighted by Crippen LogP contribution is -2.02. The van der Waals surface area contributed by atoms with Crippen LogP contribution in [0.25, 0.3) is 0 Å². The summed E-state index contributed by atoms with van der Waals surface area (Å²) in [4.78, 5) is 16.9. The Labute approximate surface area is 55.8 Å². The molecule has 0 aliphatic heterocycles. The number of nitrogens with zero attached hydrogens (tertiary/aromatic N) is 1. The first-order valence-electron chi connectivity index (χ1n) is 2.28. The average Bonchev–Trinajstić information content (AvgIpc) is 2.11. The summed E-state index contributed by atoms with van der Waals surface area (Å²) in [6.07, 6.45) is 0. The number of hydrogen-bond acceptors (Lipinski definition) is 4. The zero-order valence-electron chi connectivity index (χ0n) is 4.76. The van der Waals surface area contributed by atoms with Crippen LogP contribution in [0.4, 0.5) is 5.88 Å². The maximum atomic E-state index is 10.4. The lowest BCUT2D eigenvalue weighted by Gasteiger charge is -1.93. The van der Waals surface area contributed by atoms with Crippen LogP contribution in [0, 0.1) is 0 Å². The highest BCUT2D eigenvalue weighted by Crippen LogP contribution is 2.32. The van der Waals surface area contributed by atoms with Crippen LogP contribution in [0.5, 0.6) is 0 Å². The van der Waals surface area contributed by atoms with E-state index < -0.39 is 13.0 Å². The van der Waals surface area contributed by atoms with Gasteiger partial charge in [0.25, 0.3) is 0 Å². The Morgan fingerprint density at radius 2 is 2.30 bits per heavy atom. The summed E-state index contributed by atoms with van der Waals surface area (Å²) in [7, 11) is -4.28. The van der Waals surface area contributed by atoms with Crippen LogP contribution in [0.3, 0.4) is 0 Å². The Kier molecular flexibility index (Phi) is 1.52. The lowest BCUT2D eigenvalue weighted by molar-refractivity contribution is 0.380. The molecule has 0 aliphatic rings. The van der Waals surface area contributed by atoms with Gasteiger partial charge in [0.05, 0.1) is 0 Å². The Balaban J connectivity index is 3.08. The molecule has 0 amide bonds. The highest BCUT2D eigenvalue weighted by Gasteiger charge is 2.21. The van der Waals surface area contributed by atoms with Gasteiger partial charge in [-0.05, 0) is 0 Å². The van der Waals surface area contributed by atoms with Crippen molar-refractivity contribution in [2.24, 2.45) is 0 Å². The van der Waals surface area contributed by atoms with Crippen molar-refractivity contribution in [2.75, 3.05) is 5.73 Å². The molecule has 0 aliphatic carbocycles. The first-order valence-corrected chi connectivity index (χ1v) is 3.89. The molecular formula is C3H5N2O4P. The molecular weight excluding hydrogens is 159 g/mol. The molecule has 1 aromatic rings. The average molecular weight is 164 g/mol. The van der Waals surface area contributed by atoms with Gasteiger partial charge in [-0.25, -0.2) is 0 Å². The van der Waals surface area contributed by atoms with E-state index in [4.69, 9.17) is 15.5 Å². The third-order valence-electron chi connectivity index (χ3n) is 0.814. The van der Waals surface area contributed by atoms with Gasteiger partial charge in [0, 0.05) is 6.07 Å². The highest BCUT2D eigenvalue weighted by atomic mass is 31.2. The number of nitrogens with two attached hydrogens (primary N) is 1. The van der Waals surface area contributed by atoms with Crippen molar-refractivity contribution in [1.82, 2.24) is 5.16 Å². The lowest BCUT2D eigenvalue weighted by atomic mass is 10.7. The van der Waals surface area contributed by atoms with Gasteiger partial charge in [0.1, 0.15) is 0 Å². The molecule has 7 heteroatoms. The van der Waals surface area contributed by atoms with Crippen LogP contribution >= 0.6 is 7.60 Å². The molecule has 10 heavy (non-hydrogen) atoms. The van der Waals surface area contributed by atoms with E-state index in [0.717, 1.165) is 6.07 Å². The molecule has 0 aromatic carbocycles. The Bertz CT molecular complexity index is 276. The van der Waals surface area contributed by atoms with E-state index in [2.05, 4.69) is 9.68 Å². The molecule has 4 N–H and O–H groups in total. The van der Waals surface area contributed by atoms with Crippen molar-refractivity contribution < 1.29 is 18.9 Å². The van der Waals surface area contributed by atoms with Gasteiger partial charge in [0.2, 0.25) is 5.88 Å². The fourth-order valence-corrected chi connectivity index (χ4v) is 0.859. The summed E-state index contributed by atoms with van der Waals surface area (Å²) in [5.74, 6) is -0.113. The Morgan fingerprint density at radius 1 is 1.70 bits per heavy atom.